The molecule has 7 nitrogen and oxygen atoms in total. The second kappa shape index (κ2) is 5.01. The van der Waals surface area contributed by atoms with Gasteiger partial charge >= 0.3 is 0 Å². The molecule has 0 radical (unpaired) electrons. The van der Waals surface area contributed by atoms with Gasteiger partial charge in [-0.15, -0.1) is 0 Å². The highest BCUT2D eigenvalue weighted by molar-refractivity contribution is 5.94. The Labute approximate surface area is 115 Å². The average Bonchev–Trinajstić information content (AvgIpc) is 2.97. The van der Waals surface area contributed by atoms with Crippen molar-refractivity contribution >= 4 is 5.91 Å². The van der Waals surface area contributed by atoms with Crippen LogP contribution in [0.5, 0.6) is 0 Å². The van der Waals surface area contributed by atoms with Crippen LogP contribution in [0.4, 0.5) is 0 Å². The van der Waals surface area contributed by atoms with Crippen LogP contribution in [0.25, 0.3) is 0 Å². The quantitative estimate of drug-likeness (QED) is 0.698. The number of nitrogens with one attached hydrogen (secondary N) is 1. The minimum atomic E-state index is -0.647. The summed E-state index contributed by atoms with van der Waals surface area (Å²) in [5, 5.41) is 12.4. The summed E-state index contributed by atoms with van der Waals surface area (Å²) in [7, 11) is 1.62. The number of carbonyl (C=O) groups excluding carboxylic acids is 1. The predicted molar refractivity (Wildman–Crippen MR) is 68.4 cm³/mol. The van der Waals surface area contributed by atoms with Gasteiger partial charge in [-0.2, -0.15) is 0 Å². The first-order valence-corrected chi connectivity index (χ1v) is 6.45. The fraction of sp³-hybridized carbons (Fsp3) is 0.538. The van der Waals surface area contributed by atoms with E-state index >= 15 is 0 Å². The monoisotopic (exact) mass is 280 g/mol. The second-order valence-electron chi connectivity index (χ2n) is 5.11. The van der Waals surface area contributed by atoms with E-state index in [2.05, 4.69) is 5.32 Å². The molecule has 2 N–H and O–H groups in total. The maximum atomic E-state index is 12.1. The molecule has 2 fully saturated rings. The van der Waals surface area contributed by atoms with Crippen LogP contribution in [0.3, 0.4) is 0 Å². The zero-order valence-corrected chi connectivity index (χ0v) is 11.0. The van der Waals surface area contributed by atoms with E-state index in [1.807, 2.05) is 0 Å². The molecule has 0 aliphatic carbocycles. The van der Waals surface area contributed by atoms with E-state index in [9.17, 15) is 14.7 Å². The summed E-state index contributed by atoms with van der Waals surface area (Å²) in [5.74, 6) is -0.345. The van der Waals surface area contributed by atoms with Gasteiger partial charge in [-0.25, -0.2) is 0 Å². The van der Waals surface area contributed by atoms with Gasteiger partial charge in [0.15, 0.2) is 0 Å². The van der Waals surface area contributed by atoms with Crippen molar-refractivity contribution in [3.63, 3.8) is 0 Å². The molecule has 2 saturated heterocycles. The van der Waals surface area contributed by atoms with E-state index in [4.69, 9.17) is 9.47 Å². The molecule has 20 heavy (non-hydrogen) atoms. The number of amides is 1. The average molecular weight is 280 g/mol. The van der Waals surface area contributed by atoms with Crippen molar-refractivity contribution in [2.45, 2.75) is 24.4 Å². The maximum Gasteiger partial charge on any atom is 0.251 e. The van der Waals surface area contributed by atoms with Crippen LogP contribution in [0.15, 0.2) is 23.1 Å². The lowest BCUT2D eigenvalue weighted by atomic mass is 10.1. The molecule has 2 aliphatic rings. The van der Waals surface area contributed by atoms with Crippen LogP contribution in [0.1, 0.15) is 10.4 Å². The van der Waals surface area contributed by atoms with Gasteiger partial charge in [-0.05, 0) is 6.07 Å². The predicted octanol–water partition coefficient (Wildman–Crippen LogP) is -1.36. The van der Waals surface area contributed by atoms with Gasteiger partial charge in [0.25, 0.3) is 11.5 Å². The first-order chi connectivity index (χ1) is 9.56. The highest BCUT2D eigenvalue weighted by atomic mass is 16.6. The number of fused-ring (bicyclic) bond motifs is 1. The first-order valence-electron chi connectivity index (χ1n) is 6.45. The van der Waals surface area contributed by atoms with Gasteiger partial charge in [0, 0.05) is 24.9 Å². The molecule has 0 unspecified atom stereocenters. The Bertz CT molecular complexity index is 584. The first kappa shape index (κ1) is 13.3. The van der Waals surface area contributed by atoms with E-state index in [1.54, 1.807) is 19.3 Å². The number of rotatable bonds is 2. The molecule has 0 saturated carbocycles. The number of nitrogens with zero attached hydrogens (tertiary/aromatic N) is 1. The summed E-state index contributed by atoms with van der Waals surface area (Å²) < 4.78 is 12.2. The third kappa shape index (κ3) is 2.24. The number of carbonyl (C=O) groups is 1. The van der Waals surface area contributed by atoms with Crippen molar-refractivity contribution in [1.29, 1.82) is 0 Å². The molecule has 7 heteroatoms. The molecule has 3 heterocycles. The Morgan fingerprint density at radius 3 is 2.90 bits per heavy atom. The van der Waals surface area contributed by atoms with Gasteiger partial charge in [-0.1, -0.05) is 0 Å². The Morgan fingerprint density at radius 1 is 1.40 bits per heavy atom. The summed E-state index contributed by atoms with van der Waals surface area (Å²) >= 11 is 0. The molecule has 1 amide bonds. The molecule has 3 rings (SSSR count). The van der Waals surface area contributed by atoms with Crippen LogP contribution in [-0.4, -0.2) is 53.1 Å². The normalized spacial score (nSPS) is 32.1. The topological polar surface area (TPSA) is 89.8 Å². The number of hydrogen-bond donors (Lipinski definition) is 2. The Balaban J connectivity index is 1.70. The van der Waals surface area contributed by atoms with E-state index < -0.39 is 6.10 Å². The van der Waals surface area contributed by atoms with Gasteiger partial charge in [0.05, 0.1) is 19.3 Å². The van der Waals surface area contributed by atoms with Gasteiger partial charge < -0.3 is 24.5 Å². The molecule has 0 bridgehead atoms. The van der Waals surface area contributed by atoms with Crippen molar-refractivity contribution in [3.8, 4) is 0 Å². The van der Waals surface area contributed by atoms with Crippen LogP contribution in [0.2, 0.25) is 0 Å². The molecule has 108 valence electrons. The van der Waals surface area contributed by atoms with Crippen molar-refractivity contribution in [2.75, 3.05) is 13.2 Å². The third-order valence-electron chi connectivity index (χ3n) is 3.71. The number of ether oxygens (including phenoxy) is 2. The lowest BCUT2D eigenvalue weighted by Gasteiger charge is -2.17. The Hall–Kier alpha value is -1.70. The standard InChI is InChI=1S/C13H16N2O5/c1-15-3-2-7(4-10(15)17)13(18)14-8-5-19-12-9(16)6-20-11(8)12/h2-4,8-9,11-12,16H,5-6H2,1H3,(H,14,18)/t8-,9-,11-,12-/m1/s1. The fourth-order valence-electron chi connectivity index (χ4n) is 2.54. The summed E-state index contributed by atoms with van der Waals surface area (Å²) in [6.45, 7) is 0.510. The van der Waals surface area contributed by atoms with Gasteiger partial charge in [0.2, 0.25) is 0 Å². The van der Waals surface area contributed by atoms with Crippen LogP contribution >= 0.6 is 0 Å². The lowest BCUT2D eigenvalue weighted by Crippen LogP contribution is -2.44. The minimum Gasteiger partial charge on any atom is -0.388 e. The molecule has 1 aromatic rings. The molecule has 1 aromatic heterocycles. The number of hydrogen-bond acceptors (Lipinski definition) is 5. The van der Waals surface area contributed by atoms with Gasteiger partial charge in [-0.3, -0.25) is 9.59 Å². The molecule has 0 aromatic carbocycles. The molecular weight excluding hydrogens is 264 g/mol. The Kier molecular flexibility index (Phi) is 3.33. The maximum absolute atomic E-state index is 12.1. The van der Waals surface area contributed by atoms with E-state index in [-0.39, 0.29) is 36.3 Å². The van der Waals surface area contributed by atoms with Gasteiger partial charge in [0.1, 0.15) is 18.3 Å². The summed E-state index contributed by atoms with van der Waals surface area (Å²) in [6, 6.07) is 2.55. The van der Waals surface area contributed by atoms with Crippen molar-refractivity contribution in [3.05, 3.63) is 34.2 Å². The largest absolute Gasteiger partial charge is 0.388 e. The van der Waals surface area contributed by atoms with E-state index in [0.717, 1.165) is 0 Å². The molecular formula is C13H16N2O5. The van der Waals surface area contributed by atoms with Crippen LogP contribution < -0.4 is 10.9 Å². The molecule has 2 aliphatic heterocycles. The number of pyridine rings is 1. The Morgan fingerprint density at radius 2 is 2.15 bits per heavy atom. The fourth-order valence-corrected chi connectivity index (χ4v) is 2.54. The number of aliphatic hydroxyl groups excluding tert-OH is 1. The summed E-state index contributed by atoms with van der Waals surface area (Å²) in [6.07, 6.45) is 0.177. The zero-order valence-electron chi connectivity index (χ0n) is 11.0. The highest BCUT2D eigenvalue weighted by Crippen LogP contribution is 2.27. The third-order valence-corrected chi connectivity index (χ3v) is 3.71. The van der Waals surface area contributed by atoms with E-state index in [0.29, 0.717) is 12.2 Å². The minimum absolute atomic E-state index is 0.216. The number of aromatic nitrogens is 1. The molecule has 4 atom stereocenters. The van der Waals surface area contributed by atoms with Crippen molar-refractivity contribution < 1.29 is 19.4 Å². The molecule has 0 spiro atoms. The van der Waals surface area contributed by atoms with Crippen LogP contribution in [0, 0.1) is 0 Å². The SMILES string of the molecule is Cn1ccc(C(=O)N[C@@H]2CO[C@H]3[C@@H]2OC[C@H]3O)cc1=O. The van der Waals surface area contributed by atoms with Crippen molar-refractivity contribution in [2.24, 2.45) is 7.05 Å². The van der Waals surface area contributed by atoms with Crippen LogP contribution in [-0.2, 0) is 16.5 Å². The smallest absolute Gasteiger partial charge is 0.251 e. The zero-order chi connectivity index (χ0) is 14.3. The number of aryl methyl sites for hydroxylation is 1. The highest BCUT2D eigenvalue weighted by Gasteiger charge is 2.47. The summed E-state index contributed by atoms with van der Waals surface area (Å²) in [4.78, 5) is 23.6. The lowest BCUT2D eigenvalue weighted by molar-refractivity contribution is 0.0178. The summed E-state index contributed by atoms with van der Waals surface area (Å²) in [5.41, 5.74) is 0.0563. The second-order valence-corrected chi connectivity index (χ2v) is 5.11. The van der Waals surface area contributed by atoms with E-state index in [1.165, 1.54) is 10.6 Å². The van der Waals surface area contributed by atoms with Crippen molar-refractivity contribution in [1.82, 2.24) is 9.88 Å². The number of aliphatic hydroxyl groups is 1.